The zero-order valence-corrected chi connectivity index (χ0v) is 32.0. The van der Waals surface area contributed by atoms with Gasteiger partial charge in [-0.1, -0.05) is 152 Å². The molecule has 0 bridgehead atoms. The number of anilines is 6. The van der Waals surface area contributed by atoms with Gasteiger partial charge in [0.05, 0.1) is 16.8 Å². The number of fused-ring (bicyclic) bond motifs is 13. The first-order valence-electron chi connectivity index (χ1n) is 20.1. The van der Waals surface area contributed by atoms with E-state index in [2.05, 4.69) is 216 Å². The molecule has 0 atom stereocenters. The van der Waals surface area contributed by atoms with Crippen LogP contribution in [-0.2, 0) is 5.41 Å². The monoisotopic (exact) mass is 756 g/mol. The number of hydrogen-bond donors (Lipinski definition) is 0. The van der Waals surface area contributed by atoms with E-state index in [-0.39, 0.29) is 0 Å². The fourth-order valence-corrected chi connectivity index (χ4v) is 9.78. The smallest absolute Gasteiger partial charge is 0.196 e. The van der Waals surface area contributed by atoms with Crippen molar-refractivity contribution in [3.63, 3.8) is 0 Å². The minimum atomic E-state index is -0.514. The van der Waals surface area contributed by atoms with Gasteiger partial charge in [-0.2, -0.15) is 0 Å². The molecule has 9 aromatic rings. The van der Waals surface area contributed by atoms with Crippen molar-refractivity contribution >= 4 is 34.1 Å². The minimum absolute atomic E-state index is 0.514. The Labute approximate surface area is 343 Å². The van der Waals surface area contributed by atoms with Crippen molar-refractivity contribution < 1.29 is 9.47 Å². The summed E-state index contributed by atoms with van der Waals surface area (Å²) in [6.07, 6.45) is 0. The molecule has 0 fully saturated rings. The zero-order chi connectivity index (χ0) is 38.9. The molecule has 12 rings (SSSR count). The van der Waals surface area contributed by atoms with E-state index in [1.54, 1.807) is 0 Å². The summed E-state index contributed by atoms with van der Waals surface area (Å²) in [6, 6.07) is 77.2. The van der Waals surface area contributed by atoms with Gasteiger partial charge in [-0.25, -0.2) is 0 Å². The third-order valence-corrected chi connectivity index (χ3v) is 12.1. The second-order valence-electron chi connectivity index (χ2n) is 15.2. The molecule has 278 valence electrons. The molecule has 3 aliphatic rings. The van der Waals surface area contributed by atoms with Crippen molar-refractivity contribution in [1.82, 2.24) is 0 Å². The lowest BCUT2D eigenvalue weighted by Gasteiger charge is -2.35. The molecule has 0 amide bonds. The van der Waals surface area contributed by atoms with Gasteiger partial charge in [0, 0.05) is 28.3 Å². The number of rotatable bonds is 6. The summed E-state index contributed by atoms with van der Waals surface area (Å²) in [6.45, 7) is 0. The summed E-state index contributed by atoms with van der Waals surface area (Å²) in [4.78, 5) is 4.50. The number of hydrogen-bond acceptors (Lipinski definition) is 4. The summed E-state index contributed by atoms with van der Waals surface area (Å²) in [5, 5.41) is 0. The van der Waals surface area contributed by atoms with E-state index in [0.29, 0.717) is 23.0 Å². The summed E-state index contributed by atoms with van der Waals surface area (Å²) < 4.78 is 14.9. The first-order chi connectivity index (χ1) is 29.3. The second kappa shape index (κ2) is 13.1. The predicted octanol–water partition coefficient (Wildman–Crippen LogP) is 14.9. The lowest BCUT2D eigenvalue weighted by Crippen LogP contribution is -2.25. The molecule has 0 unspecified atom stereocenters. The van der Waals surface area contributed by atoms with Gasteiger partial charge < -0.3 is 19.3 Å². The fraction of sp³-hybridized carbons (Fsp3) is 0.0182. The van der Waals surface area contributed by atoms with Gasteiger partial charge >= 0.3 is 0 Å². The number of para-hydroxylation sites is 4. The molecule has 0 saturated carbocycles. The van der Waals surface area contributed by atoms with E-state index in [1.165, 1.54) is 33.4 Å². The molecule has 1 aliphatic heterocycles. The predicted molar refractivity (Wildman–Crippen MR) is 239 cm³/mol. The SMILES string of the molecule is c1ccc(N(c2ccccc2)c2ccc(N(c3ccccc3)c3ccccc3)c3c2Oc2ccc4c(c2O3)-c2ccccc2C42c3ccccc3-c3ccccc32)cc1. The van der Waals surface area contributed by atoms with Crippen molar-refractivity contribution in [2.45, 2.75) is 5.41 Å². The van der Waals surface area contributed by atoms with Gasteiger partial charge in [0.1, 0.15) is 0 Å². The van der Waals surface area contributed by atoms with Gasteiger partial charge in [-0.05, 0) is 106 Å². The van der Waals surface area contributed by atoms with E-state index in [0.717, 1.165) is 45.3 Å². The maximum atomic E-state index is 7.58. The van der Waals surface area contributed by atoms with Crippen LogP contribution in [0.15, 0.2) is 218 Å². The molecule has 0 saturated heterocycles. The van der Waals surface area contributed by atoms with Crippen molar-refractivity contribution in [3.8, 4) is 45.3 Å². The van der Waals surface area contributed by atoms with E-state index < -0.39 is 5.41 Å². The highest BCUT2D eigenvalue weighted by atomic mass is 16.6. The van der Waals surface area contributed by atoms with Crippen LogP contribution < -0.4 is 19.3 Å². The third-order valence-electron chi connectivity index (χ3n) is 12.1. The summed E-state index contributed by atoms with van der Waals surface area (Å²) in [5.41, 5.74) is 15.0. The number of benzene rings is 9. The second-order valence-corrected chi connectivity index (χ2v) is 15.2. The van der Waals surface area contributed by atoms with Crippen molar-refractivity contribution in [2.75, 3.05) is 9.80 Å². The molecule has 0 N–H and O–H groups in total. The molecule has 2 aliphatic carbocycles. The Morgan fingerprint density at radius 3 is 1.12 bits per heavy atom. The quantitative estimate of drug-likeness (QED) is 0.169. The van der Waals surface area contributed by atoms with E-state index in [1.807, 2.05) is 12.1 Å². The van der Waals surface area contributed by atoms with Gasteiger partial charge in [0.25, 0.3) is 0 Å². The molecule has 0 aromatic heterocycles. The van der Waals surface area contributed by atoms with Crippen LogP contribution in [0.25, 0.3) is 22.3 Å². The maximum absolute atomic E-state index is 7.58. The number of ether oxygens (including phenoxy) is 2. The van der Waals surface area contributed by atoms with Crippen LogP contribution in [-0.4, -0.2) is 0 Å². The fourth-order valence-electron chi connectivity index (χ4n) is 9.78. The Balaban J connectivity index is 1.14. The van der Waals surface area contributed by atoms with Crippen LogP contribution in [0.2, 0.25) is 0 Å². The number of nitrogens with zero attached hydrogens (tertiary/aromatic N) is 2. The molecule has 0 radical (unpaired) electrons. The highest BCUT2D eigenvalue weighted by molar-refractivity contribution is 5.99. The lowest BCUT2D eigenvalue weighted by atomic mass is 9.70. The lowest BCUT2D eigenvalue weighted by molar-refractivity contribution is 0.362. The first kappa shape index (κ1) is 33.3. The molecule has 4 heteroatoms. The van der Waals surface area contributed by atoms with Gasteiger partial charge in [0.15, 0.2) is 23.0 Å². The largest absolute Gasteiger partial charge is 0.447 e. The third kappa shape index (κ3) is 4.84. The van der Waals surface area contributed by atoms with Gasteiger partial charge in [-0.3, -0.25) is 0 Å². The standard InChI is InChI=1S/C55H36N2O2/c1-5-19-37(20-6-1)56(38-21-7-2-8-22-38)48-34-35-49(57(39-23-9-3-10-24-39)40-25-11-4-12-26-40)53-52(48)58-50-36-33-47-51(54(50)59-53)43-29-15-18-32-46(43)55(47)44-30-16-13-27-41(44)42-28-14-17-31-45(42)55/h1-36H. The molecule has 9 aromatic carbocycles. The van der Waals surface area contributed by atoms with E-state index in [4.69, 9.17) is 9.47 Å². The highest BCUT2D eigenvalue weighted by Crippen LogP contribution is 2.67. The summed E-state index contributed by atoms with van der Waals surface area (Å²) in [7, 11) is 0. The minimum Gasteiger partial charge on any atom is -0.447 e. The normalized spacial score (nSPS) is 13.2. The summed E-state index contributed by atoms with van der Waals surface area (Å²) in [5.74, 6) is 2.66. The molecule has 1 heterocycles. The van der Waals surface area contributed by atoms with E-state index in [9.17, 15) is 0 Å². The average molecular weight is 757 g/mol. The Hall–Kier alpha value is -7.82. The molecular formula is C55H36N2O2. The maximum Gasteiger partial charge on any atom is 0.196 e. The van der Waals surface area contributed by atoms with Crippen LogP contribution in [0, 0.1) is 0 Å². The van der Waals surface area contributed by atoms with Crippen molar-refractivity contribution in [1.29, 1.82) is 0 Å². The van der Waals surface area contributed by atoms with Crippen LogP contribution >= 0.6 is 0 Å². The molecule has 1 spiro atoms. The first-order valence-corrected chi connectivity index (χ1v) is 20.1. The highest BCUT2D eigenvalue weighted by Gasteiger charge is 2.53. The van der Waals surface area contributed by atoms with Crippen LogP contribution in [0.1, 0.15) is 22.3 Å². The Bertz CT molecular complexity index is 2930. The van der Waals surface area contributed by atoms with E-state index >= 15 is 0 Å². The van der Waals surface area contributed by atoms with Crippen molar-refractivity contribution in [3.05, 3.63) is 241 Å². The Kier molecular flexibility index (Phi) is 7.41. The van der Waals surface area contributed by atoms with Crippen molar-refractivity contribution in [2.24, 2.45) is 0 Å². The van der Waals surface area contributed by atoms with Crippen LogP contribution in [0.5, 0.6) is 23.0 Å². The van der Waals surface area contributed by atoms with Crippen LogP contribution in [0.3, 0.4) is 0 Å². The molecule has 59 heavy (non-hydrogen) atoms. The Morgan fingerprint density at radius 1 is 0.288 bits per heavy atom. The zero-order valence-electron chi connectivity index (χ0n) is 32.0. The topological polar surface area (TPSA) is 24.9 Å². The van der Waals surface area contributed by atoms with Crippen LogP contribution in [0.4, 0.5) is 34.1 Å². The Morgan fingerprint density at radius 2 is 0.661 bits per heavy atom. The van der Waals surface area contributed by atoms with Gasteiger partial charge in [-0.15, -0.1) is 0 Å². The van der Waals surface area contributed by atoms with Gasteiger partial charge in [0.2, 0.25) is 0 Å². The molecule has 4 nitrogen and oxygen atoms in total. The molecular weight excluding hydrogens is 721 g/mol. The average Bonchev–Trinajstić information content (AvgIpc) is 3.78. The summed E-state index contributed by atoms with van der Waals surface area (Å²) >= 11 is 0.